The van der Waals surface area contributed by atoms with E-state index in [1.54, 1.807) is 0 Å². The SMILES string of the molecule is CCOP1(=O)CC(C)CC(C)C1. The fraction of sp³-hybridized carbons (Fsp3) is 1.00. The lowest BCUT2D eigenvalue weighted by molar-refractivity contribution is 0.305. The molecule has 0 aliphatic carbocycles. The zero-order chi connectivity index (χ0) is 9.19. The monoisotopic (exact) mass is 190 g/mol. The Balaban J connectivity index is 2.59. The number of hydrogen-bond donors (Lipinski definition) is 0. The van der Waals surface area contributed by atoms with Crippen LogP contribution in [0.4, 0.5) is 0 Å². The molecule has 0 N–H and O–H groups in total. The molecule has 2 nitrogen and oxygen atoms in total. The summed E-state index contributed by atoms with van der Waals surface area (Å²) >= 11 is 0. The van der Waals surface area contributed by atoms with Gasteiger partial charge in [0.05, 0.1) is 6.61 Å². The van der Waals surface area contributed by atoms with Crippen LogP contribution in [0.1, 0.15) is 27.2 Å². The fourth-order valence-electron chi connectivity index (χ4n) is 2.20. The third-order valence-electron chi connectivity index (χ3n) is 2.35. The maximum atomic E-state index is 12.0. The first-order chi connectivity index (χ1) is 5.56. The average Bonchev–Trinajstić information content (AvgIpc) is 1.82. The molecule has 2 unspecified atom stereocenters. The van der Waals surface area contributed by atoms with E-state index >= 15 is 0 Å². The lowest BCUT2D eigenvalue weighted by Crippen LogP contribution is -2.20. The van der Waals surface area contributed by atoms with Crippen LogP contribution in [-0.4, -0.2) is 18.9 Å². The maximum absolute atomic E-state index is 12.0. The summed E-state index contributed by atoms with van der Waals surface area (Å²) < 4.78 is 17.4. The highest BCUT2D eigenvalue weighted by molar-refractivity contribution is 7.59. The van der Waals surface area contributed by atoms with Crippen molar-refractivity contribution in [3.8, 4) is 0 Å². The summed E-state index contributed by atoms with van der Waals surface area (Å²) in [6.45, 7) is 6.85. The first kappa shape index (κ1) is 10.3. The standard InChI is InChI=1S/C9H19O2P/c1-4-11-12(10)6-8(2)5-9(3)7-12/h8-9H,4-7H2,1-3H3. The maximum Gasteiger partial charge on any atom is 0.203 e. The summed E-state index contributed by atoms with van der Waals surface area (Å²) in [6.07, 6.45) is 2.80. The Kier molecular flexibility index (Phi) is 3.37. The van der Waals surface area contributed by atoms with E-state index in [2.05, 4.69) is 13.8 Å². The van der Waals surface area contributed by atoms with Gasteiger partial charge in [0.15, 0.2) is 0 Å². The van der Waals surface area contributed by atoms with Crippen LogP contribution in [0, 0.1) is 11.8 Å². The fourth-order valence-corrected chi connectivity index (χ4v) is 5.23. The van der Waals surface area contributed by atoms with Crippen molar-refractivity contribution in [1.29, 1.82) is 0 Å². The summed E-state index contributed by atoms with van der Waals surface area (Å²) in [7, 11) is -2.23. The van der Waals surface area contributed by atoms with Crippen molar-refractivity contribution in [3.63, 3.8) is 0 Å². The molecule has 0 spiro atoms. The molecule has 1 aliphatic rings. The van der Waals surface area contributed by atoms with Gasteiger partial charge in [-0.05, 0) is 25.2 Å². The van der Waals surface area contributed by atoms with Gasteiger partial charge in [0.2, 0.25) is 7.37 Å². The van der Waals surface area contributed by atoms with Gasteiger partial charge in [-0.3, -0.25) is 4.57 Å². The van der Waals surface area contributed by atoms with Crippen molar-refractivity contribution in [2.75, 3.05) is 18.9 Å². The Labute approximate surface area is 75.1 Å². The van der Waals surface area contributed by atoms with Gasteiger partial charge in [-0.15, -0.1) is 0 Å². The van der Waals surface area contributed by atoms with Gasteiger partial charge in [-0.2, -0.15) is 0 Å². The van der Waals surface area contributed by atoms with Crippen LogP contribution in [0.2, 0.25) is 0 Å². The summed E-state index contributed by atoms with van der Waals surface area (Å²) in [6, 6.07) is 0. The average molecular weight is 190 g/mol. The van der Waals surface area contributed by atoms with Gasteiger partial charge in [0.1, 0.15) is 0 Å². The highest BCUT2D eigenvalue weighted by Crippen LogP contribution is 2.54. The molecule has 2 atom stereocenters. The van der Waals surface area contributed by atoms with Crippen molar-refractivity contribution in [3.05, 3.63) is 0 Å². The van der Waals surface area contributed by atoms with Crippen molar-refractivity contribution >= 4 is 7.37 Å². The molecule has 1 aliphatic heterocycles. The molecule has 12 heavy (non-hydrogen) atoms. The minimum absolute atomic E-state index is 0.575. The number of hydrogen-bond acceptors (Lipinski definition) is 2. The zero-order valence-corrected chi connectivity index (χ0v) is 9.14. The Morgan fingerprint density at radius 1 is 1.33 bits per heavy atom. The summed E-state index contributed by atoms with van der Waals surface area (Å²) in [5, 5.41) is 0. The normalized spacial score (nSPS) is 42.9. The van der Waals surface area contributed by atoms with E-state index in [0.717, 1.165) is 12.3 Å². The predicted molar refractivity (Wildman–Crippen MR) is 51.9 cm³/mol. The molecule has 1 fully saturated rings. The highest BCUT2D eigenvalue weighted by atomic mass is 31.2. The van der Waals surface area contributed by atoms with E-state index in [-0.39, 0.29) is 0 Å². The minimum Gasteiger partial charge on any atom is -0.329 e. The van der Waals surface area contributed by atoms with E-state index in [1.165, 1.54) is 6.42 Å². The van der Waals surface area contributed by atoms with E-state index in [1.807, 2.05) is 6.92 Å². The summed E-state index contributed by atoms with van der Waals surface area (Å²) in [5.74, 6) is 1.15. The van der Waals surface area contributed by atoms with Gasteiger partial charge in [-0.1, -0.05) is 13.8 Å². The van der Waals surface area contributed by atoms with E-state index in [0.29, 0.717) is 18.4 Å². The molecule has 0 radical (unpaired) electrons. The molecule has 72 valence electrons. The third kappa shape index (κ3) is 2.60. The van der Waals surface area contributed by atoms with Crippen molar-refractivity contribution in [2.24, 2.45) is 11.8 Å². The molecule has 1 saturated heterocycles. The van der Waals surface area contributed by atoms with Crippen LogP contribution >= 0.6 is 7.37 Å². The van der Waals surface area contributed by atoms with Crippen LogP contribution in [0.25, 0.3) is 0 Å². The zero-order valence-electron chi connectivity index (χ0n) is 8.25. The molecule has 0 aromatic rings. The Hall–Kier alpha value is 0.190. The van der Waals surface area contributed by atoms with E-state index < -0.39 is 7.37 Å². The molecule has 0 aromatic carbocycles. The van der Waals surface area contributed by atoms with Crippen LogP contribution in [0.5, 0.6) is 0 Å². The van der Waals surface area contributed by atoms with Gasteiger partial charge in [-0.25, -0.2) is 0 Å². The molecule has 0 aromatic heterocycles. The topological polar surface area (TPSA) is 26.3 Å². The van der Waals surface area contributed by atoms with Crippen molar-refractivity contribution < 1.29 is 9.09 Å². The van der Waals surface area contributed by atoms with Gasteiger partial charge in [0.25, 0.3) is 0 Å². The number of rotatable bonds is 2. The highest BCUT2D eigenvalue weighted by Gasteiger charge is 2.33. The van der Waals surface area contributed by atoms with Crippen LogP contribution in [-0.2, 0) is 9.09 Å². The van der Waals surface area contributed by atoms with Gasteiger partial charge in [0, 0.05) is 12.3 Å². The lowest BCUT2D eigenvalue weighted by Gasteiger charge is -2.30. The van der Waals surface area contributed by atoms with E-state index in [4.69, 9.17) is 4.52 Å². The summed E-state index contributed by atoms with van der Waals surface area (Å²) in [4.78, 5) is 0. The second-order valence-electron chi connectivity index (χ2n) is 4.04. The molecule has 1 rings (SSSR count). The van der Waals surface area contributed by atoms with Crippen LogP contribution < -0.4 is 0 Å². The van der Waals surface area contributed by atoms with Crippen molar-refractivity contribution in [1.82, 2.24) is 0 Å². The molecular weight excluding hydrogens is 171 g/mol. The van der Waals surface area contributed by atoms with Gasteiger partial charge >= 0.3 is 0 Å². The molecule has 0 amide bonds. The molecule has 0 saturated carbocycles. The first-order valence-corrected chi connectivity index (χ1v) is 6.78. The van der Waals surface area contributed by atoms with E-state index in [9.17, 15) is 4.57 Å². The summed E-state index contributed by atoms with van der Waals surface area (Å²) in [5.41, 5.74) is 0. The molecule has 3 heteroatoms. The molecule has 1 heterocycles. The Morgan fingerprint density at radius 2 is 1.83 bits per heavy atom. The van der Waals surface area contributed by atoms with Crippen LogP contribution in [0.15, 0.2) is 0 Å². The quantitative estimate of drug-likeness (QED) is 0.626. The van der Waals surface area contributed by atoms with Gasteiger partial charge < -0.3 is 4.52 Å². The molecular formula is C9H19O2P. The van der Waals surface area contributed by atoms with Crippen LogP contribution in [0.3, 0.4) is 0 Å². The Bertz CT molecular complexity index is 177. The smallest absolute Gasteiger partial charge is 0.203 e. The Morgan fingerprint density at radius 3 is 2.25 bits per heavy atom. The molecule has 0 bridgehead atoms. The third-order valence-corrected chi connectivity index (χ3v) is 5.44. The largest absolute Gasteiger partial charge is 0.329 e. The predicted octanol–water partition coefficient (Wildman–Crippen LogP) is 2.98. The second kappa shape index (κ2) is 3.93. The minimum atomic E-state index is -2.23. The van der Waals surface area contributed by atoms with Crippen molar-refractivity contribution in [2.45, 2.75) is 27.2 Å². The second-order valence-corrected chi connectivity index (χ2v) is 6.66. The first-order valence-electron chi connectivity index (χ1n) is 4.78. The lowest BCUT2D eigenvalue weighted by atomic mass is 10.00.